The van der Waals surface area contributed by atoms with Crippen LogP contribution in [-0.2, 0) is 23.9 Å². The van der Waals surface area contributed by atoms with E-state index in [4.69, 9.17) is 15.9 Å². The molecular formula is C75H129F5O9. The van der Waals surface area contributed by atoms with Gasteiger partial charge in [0.15, 0.2) is 18.2 Å². The lowest BCUT2D eigenvalue weighted by Crippen LogP contribution is -2.32. The largest absolute Gasteiger partial charge is 0.464 e. The molecule has 0 aromatic heterocycles. The zero-order chi connectivity index (χ0) is 71.0. The molecule has 0 fully saturated rings. The van der Waals surface area contributed by atoms with Gasteiger partial charge in [0.25, 0.3) is 0 Å². The number of halogens is 5. The van der Waals surface area contributed by atoms with Gasteiger partial charge in [-0.05, 0) is 150 Å². The van der Waals surface area contributed by atoms with E-state index in [1.165, 1.54) is 24.3 Å². The van der Waals surface area contributed by atoms with Crippen LogP contribution in [0.3, 0.4) is 0 Å². The lowest BCUT2D eigenvalue weighted by atomic mass is 9.91. The lowest BCUT2D eigenvalue weighted by molar-refractivity contribution is -0.153. The maximum Gasteiger partial charge on any atom is 0.311 e. The molecular weight excluding hydrogens is 1140 g/mol. The molecule has 0 saturated heterocycles. The van der Waals surface area contributed by atoms with Crippen LogP contribution < -0.4 is 0 Å². The maximum atomic E-state index is 13.8. The molecule has 11 atom stereocenters. The molecule has 0 aliphatic rings. The first-order chi connectivity index (χ1) is 40.9. The summed E-state index contributed by atoms with van der Waals surface area (Å²) in [6, 6.07) is 0. The summed E-state index contributed by atoms with van der Waals surface area (Å²) in [4.78, 5) is 32.3. The highest BCUT2D eigenvalue weighted by Crippen LogP contribution is 2.25. The Labute approximate surface area is 541 Å². The number of aliphatic hydroxyl groups excluding tert-OH is 4. The Bertz CT molecular complexity index is 2120. The van der Waals surface area contributed by atoms with Crippen molar-refractivity contribution in [1.29, 1.82) is 0 Å². The van der Waals surface area contributed by atoms with Crippen molar-refractivity contribution < 1.29 is 66.2 Å². The summed E-state index contributed by atoms with van der Waals surface area (Å²) in [6.07, 6.45) is 21.9. The van der Waals surface area contributed by atoms with Crippen molar-refractivity contribution in [2.45, 2.75) is 256 Å². The minimum atomic E-state index is -1.41. The van der Waals surface area contributed by atoms with Crippen molar-refractivity contribution in [1.82, 2.24) is 0 Å². The van der Waals surface area contributed by atoms with Crippen LogP contribution in [0, 0.1) is 106 Å². The normalized spacial score (nSPS) is 16.3. The number of esters is 2. The van der Waals surface area contributed by atoms with Gasteiger partial charge in [0, 0.05) is 24.7 Å². The summed E-state index contributed by atoms with van der Waals surface area (Å²) in [5.74, 6) is 6.85. The number of rotatable bonds is 29. The number of aldehydes is 1. The fourth-order valence-corrected chi connectivity index (χ4v) is 5.82. The average Bonchev–Trinajstić information content (AvgIpc) is 3.67. The molecule has 14 heteroatoms. The number of aliphatic hydroxyl groups is 4. The van der Waals surface area contributed by atoms with Crippen LogP contribution in [-0.4, -0.2) is 76.3 Å². The van der Waals surface area contributed by atoms with E-state index in [0.29, 0.717) is 55.0 Å². The number of terminal acetylenes is 1. The Balaban J connectivity index is -0.000000236. The van der Waals surface area contributed by atoms with Crippen LogP contribution in [0.1, 0.15) is 231 Å². The second-order valence-electron chi connectivity index (χ2n) is 26.9. The number of hydrogen-bond acceptors (Lipinski definition) is 9. The Hall–Kier alpha value is -4.60. The zero-order valence-electron chi connectivity index (χ0n) is 60.4. The van der Waals surface area contributed by atoms with Crippen molar-refractivity contribution in [3.05, 3.63) is 83.8 Å². The molecule has 0 aliphatic heterocycles. The number of carbonyl (C=O) groups is 3. The molecule has 0 spiro atoms. The minimum absolute atomic E-state index is 0.00329. The predicted octanol–water partition coefficient (Wildman–Crippen LogP) is 19.7. The van der Waals surface area contributed by atoms with E-state index >= 15 is 0 Å². The molecule has 0 aliphatic carbocycles. The van der Waals surface area contributed by atoms with Gasteiger partial charge >= 0.3 is 11.9 Å². The first kappa shape index (κ1) is 95.5. The second-order valence-corrected chi connectivity index (χ2v) is 26.9. The van der Waals surface area contributed by atoms with Gasteiger partial charge in [-0.3, -0.25) is 14.4 Å². The van der Waals surface area contributed by atoms with Crippen LogP contribution in [0.4, 0.5) is 22.0 Å². The van der Waals surface area contributed by atoms with Gasteiger partial charge in [-0.1, -0.05) is 194 Å². The van der Waals surface area contributed by atoms with E-state index in [1.807, 2.05) is 137 Å². The van der Waals surface area contributed by atoms with E-state index in [0.717, 1.165) is 32.1 Å². The molecule has 89 heavy (non-hydrogen) atoms. The molecule has 0 saturated carbocycles. The van der Waals surface area contributed by atoms with E-state index in [2.05, 4.69) is 51.5 Å². The van der Waals surface area contributed by atoms with Gasteiger partial charge in [-0.2, -0.15) is 0 Å². The Morgan fingerprint density at radius 1 is 0.506 bits per heavy atom. The van der Waals surface area contributed by atoms with Gasteiger partial charge in [-0.15, -0.1) is 12.3 Å². The Morgan fingerprint density at radius 2 is 0.865 bits per heavy atom. The average molecular weight is 1270 g/mol. The fraction of sp³-hybridized carbons (Fsp3) is 0.720. The number of hydrogen-bond donors (Lipinski definition) is 4. The highest BCUT2D eigenvalue weighted by Gasteiger charge is 2.27. The third-order valence-corrected chi connectivity index (χ3v) is 14.4. The lowest BCUT2D eigenvalue weighted by Gasteiger charge is -2.23. The SMILES string of the molecule is C#CCCOC(=O)C(C)(C)C.CC(C)[C@H](C)/C=C(/F)C=O.CC(C)[C@H](C)/C=C(/F)[C@@H](O)C#CCCOC(=O)C(C)(C)C.CCC/C=C\[C@H](C)/C(F)=C\[C@@H](C)C(C)C.CCC/C=C\[C@H](O)/C(F)=C\[C@@H](C)C(C)C.CCC[C@H](O)[C@H](O)[C@H](C)/C(F)=C\[C@@H](C)C(C)C. The second kappa shape index (κ2) is 55.1. The predicted molar refractivity (Wildman–Crippen MR) is 364 cm³/mol. The molecule has 9 nitrogen and oxygen atoms in total. The van der Waals surface area contributed by atoms with Crippen LogP contribution in [0.2, 0.25) is 0 Å². The highest BCUT2D eigenvalue weighted by atomic mass is 19.1. The van der Waals surface area contributed by atoms with Crippen LogP contribution in [0.25, 0.3) is 0 Å². The summed E-state index contributed by atoms with van der Waals surface area (Å²) < 4.78 is 76.6. The topological polar surface area (TPSA) is 151 Å². The highest BCUT2D eigenvalue weighted by molar-refractivity contribution is 5.75. The van der Waals surface area contributed by atoms with E-state index in [1.54, 1.807) is 39.8 Å². The Morgan fingerprint density at radius 3 is 1.22 bits per heavy atom. The van der Waals surface area contributed by atoms with Crippen LogP contribution in [0.5, 0.6) is 0 Å². The van der Waals surface area contributed by atoms with Crippen molar-refractivity contribution in [3.63, 3.8) is 0 Å². The summed E-state index contributed by atoms with van der Waals surface area (Å²) >= 11 is 0. The molecule has 0 rings (SSSR count). The van der Waals surface area contributed by atoms with Gasteiger partial charge in [-0.25, -0.2) is 22.0 Å². The maximum absolute atomic E-state index is 13.8. The molecule has 0 radical (unpaired) electrons. The van der Waals surface area contributed by atoms with Crippen LogP contribution >= 0.6 is 0 Å². The molecule has 0 aromatic rings. The molecule has 0 bridgehead atoms. The minimum Gasteiger partial charge on any atom is -0.464 e. The Kier molecular flexibility index (Phi) is 59.1. The van der Waals surface area contributed by atoms with Gasteiger partial charge in [0.1, 0.15) is 42.6 Å². The number of allylic oxidation sites excluding steroid dienone is 10. The van der Waals surface area contributed by atoms with Crippen molar-refractivity contribution in [3.8, 4) is 24.2 Å². The number of unbranched alkanes of at least 4 members (excludes halogenated alkanes) is 2. The van der Waals surface area contributed by atoms with E-state index in [9.17, 15) is 56.8 Å². The quantitative estimate of drug-likeness (QED) is 0.0109. The van der Waals surface area contributed by atoms with Gasteiger partial charge < -0.3 is 29.9 Å². The monoisotopic (exact) mass is 1270 g/mol. The van der Waals surface area contributed by atoms with Crippen LogP contribution in [0.15, 0.2) is 83.8 Å². The smallest absolute Gasteiger partial charge is 0.311 e. The summed E-state index contributed by atoms with van der Waals surface area (Å²) in [5.41, 5.74) is -0.969. The molecule has 0 amide bonds. The van der Waals surface area contributed by atoms with E-state index < -0.39 is 58.6 Å². The summed E-state index contributed by atoms with van der Waals surface area (Å²) in [5, 5.41) is 38.5. The standard InChI is InChI=1S/C17H27FO3.C14H27FO2.C14H25F.C13H23FO.C9H14O2.C8H13FO/c1-12(2)13(3)11-14(18)15(19)9-7-8-10-21-16(20)17(4,5)6;1-6-7-13(16)14(17)11(5)12(15)8-10(4)9(2)3;1-6-7-8-9-12(4)14(15)10-13(5)11(2)3;1-5-6-7-8-13(15)12(14)9-11(4)10(2)3;1-5-6-7-11-8(10)9(2,3)4;1-6(2)7(3)4-8(9)5-10/h11-13,15,19H,8,10H2,1-6H3;8-11,13-14,16-17H,6-7H2,1-5H3;8-13H,6-7H2,1-5H3;7-11,13,15H,5-6H2,1-4H3;1H,6-7H2,2-4H3;4-7H,1-3H3/b14-11+;12-8+;9-8-,14-10+;8-7-,12-9+;;8-4+/t13-,15+;10-,11-,13+,14-;12-,13+;11-,13+;;7-/m1101.1/s1. The molecule has 4 N–H and O–H groups in total. The molecule has 0 aromatic carbocycles. The first-order valence-electron chi connectivity index (χ1n) is 32.5. The van der Waals surface area contributed by atoms with Crippen molar-refractivity contribution in [2.75, 3.05) is 13.2 Å². The van der Waals surface area contributed by atoms with E-state index in [-0.39, 0.29) is 72.5 Å². The molecule has 0 heterocycles. The molecule has 0 unspecified atom stereocenters. The fourth-order valence-electron chi connectivity index (χ4n) is 5.82. The summed E-state index contributed by atoms with van der Waals surface area (Å²) in [6.45, 7) is 50.8. The first-order valence-corrected chi connectivity index (χ1v) is 32.5. The van der Waals surface area contributed by atoms with Crippen molar-refractivity contribution in [2.24, 2.45) is 81.8 Å². The third kappa shape index (κ3) is 55.9. The number of ether oxygens (including phenoxy) is 2. The van der Waals surface area contributed by atoms with Gasteiger partial charge in [0.2, 0.25) is 0 Å². The zero-order valence-corrected chi connectivity index (χ0v) is 60.4. The molecule has 518 valence electrons. The van der Waals surface area contributed by atoms with Gasteiger partial charge in [0.05, 0.1) is 23.0 Å². The van der Waals surface area contributed by atoms with Crippen molar-refractivity contribution >= 4 is 18.2 Å². The third-order valence-electron chi connectivity index (χ3n) is 14.4. The summed E-state index contributed by atoms with van der Waals surface area (Å²) in [7, 11) is 0. The number of carbonyl (C=O) groups excluding carboxylic acids is 3.